The normalized spacial score (nSPS) is 11.2. The zero-order valence-electron chi connectivity index (χ0n) is 11.1. The summed E-state index contributed by atoms with van der Waals surface area (Å²) in [6.45, 7) is 0. The van der Waals surface area contributed by atoms with Gasteiger partial charge in [0.2, 0.25) is 0 Å². The van der Waals surface area contributed by atoms with Crippen LogP contribution in [0.5, 0.6) is 0 Å². The zero-order chi connectivity index (χ0) is 14.6. The Bertz CT molecular complexity index is 582. The fraction of sp³-hybridized carbons (Fsp3) is 0.333. The van der Waals surface area contributed by atoms with Gasteiger partial charge in [-0.1, -0.05) is 0 Å². The highest BCUT2D eigenvalue weighted by atomic mass is 32.3. The Morgan fingerprint density at radius 2 is 2.11 bits per heavy atom. The molecule has 6 nitrogen and oxygen atoms in total. The number of ether oxygens (including phenoxy) is 1. The molecular weight excluding hydrogens is 268 g/mol. The molecule has 0 spiro atoms. The Labute approximate surface area is 112 Å². The van der Waals surface area contributed by atoms with Crippen molar-refractivity contribution in [2.45, 2.75) is 0 Å². The molecule has 0 aromatic carbocycles. The molecule has 0 aliphatic rings. The lowest BCUT2D eigenvalue weighted by Gasteiger charge is -2.14. The van der Waals surface area contributed by atoms with Gasteiger partial charge < -0.3 is 4.74 Å². The first kappa shape index (κ1) is 15.0. The second-order valence-corrected chi connectivity index (χ2v) is 8.28. The van der Waals surface area contributed by atoms with Crippen molar-refractivity contribution in [3.8, 4) is 11.2 Å². The van der Waals surface area contributed by atoms with E-state index in [1.165, 1.54) is 13.3 Å². The molecule has 0 aliphatic carbocycles. The fourth-order valence-corrected chi connectivity index (χ4v) is 1.52. The maximum absolute atomic E-state index is 11.3. The van der Waals surface area contributed by atoms with E-state index in [4.69, 9.17) is 0 Å². The first-order valence-electron chi connectivity index (χ1n) is 5.18. The van der Waals surface area contributed by atoms with E-state index in [0.29, 0.717) is 0 Å². The van der Waals surface area contributed by atoms with E-state index in [0.717, 1.165) is 6.07 Å². The molecule has 0 radical (unpaired) electrons. The third kappa shape index (κ3) is 4.26. The van der Waals surface area contributed by atoms with Gasteiger partial charge in [0, 0.05) is 12.3 Å². The van der Waals surface area contributed by atoms with Crippen molar-refractivity contribution in [3.05, 3.63) is 33.6 Å². The van der Waals surface area contributed by atoms with Gasteiger partial charge in [-0.3, -0.25) is 10.1 Å². The molecule has 0 saturated heterocycles. The minimum Gasteiger partial charge on any atom is -0.465 e. The molecule has 0 N–H and O–H groups in total. The summed E-state index contributed by atoms with van der Waals surface area (Å²) in [5.41, 5.74) is -0.206. The van der Waals surface area contributed by atoms with Crippen LogP contribution in [0, 0.1) is 21.3 Å². The Balaban J connectivity index is 3.30. The molecule has 1 rings (SSSR count). The number of carbonyl (C=O) groups excluding carboxylic acids is 1. The monoisotopic (exact) mass is 282 g/mol. The van der Waals surface area contributed by atoms with Gasteiger partial charge in [0.1, 0.15) is 0 Å². The van der Waals surface area contributed by atoms with Crippen molar-refractivity contribution < 1.29 is 14.5 Å². The number of pyridine rings is 1. The molecule has 1 heterocycles. The predicted molar refractivity (Wildman–Crippen MR) is 74.5 cm³/mol. The topological polar surface area (TPSA) is 82.3 Å². The summed E-state index contributed by atoms with van der Waals surface area (Å²) < 4.78 is 4.49. The van der Waals surface area contributed by atoms with E-state index in [1.54, 1.807) is 0 Å². The largest absolute Gasteiger partial charge is 0.465 e. The molecule has 0 fully saturated rings. The van der Waals surface area contributed by atoms with Crippen LogP contribution in [-0.4, -0.2) is 41.8 Å². The van der Waals surface area contributed by atoms with E-state index >= 15 is 0 Å². The molecule has 0 aliphatic heterocycles. The second-order valence-electron chi connectivity index (χ2n) is 4.40. The summed E-state index contributed by atoms with van der Waals surface area (Å²) in [6, 6.07) is 1.13. The van der Waals surface area contributed by atoms with Crippen LogP contribution in [0.25, 0.3) is 0 Å². The van der Waals surface area contributed by atoms with Crippen LogP contribution in [-0.2, 0) is 4.74 Å². The summed E-state index contributed by atoms with van der Waals surface area (Å²) in [5, 5.41) is 13.9. The third-order valence-corrected chi connectivity index (χ3v) is 2.68. The summed E-state index contributed by atoms with van der Waals surface area (Å²) in [7, 11) is 0.0880. The molecule has 7 heteroatoms. The van der Waals surface area contributed by atoms with Crippen molar-refractivity contribution in [1.82, 2.24) is 4.98 Å². The molecule has 1 aromatic rings. The Morgan fingerprint density at radius 1 is 1.47 bits per heavy atom. The highest BCUT2D eigenvalue weighted by Gasteiger charge is 2.18. The van der Waals surface area contributed by atoms with Crippen LogP contribution >= 0.6 is 10.0 Å². The average Bonchev–Trinajstić information content (AvgIpc) is 2.34. The lowest BCUT2D eigenvalue weighted by molar-refractivity contribution is -0.385. The Morgan fingerprint density at radius 3 is 2.58 bits per heavy atom. The number of esters is 1. The fourth-order valence-electron chi connectivity index (χ4n) is 1.12. The first-order chi connectivity index (χ1) is 8.74. The number of methoxy groups -OCH3 is 1. The Hall–Kier alpha value is -2.07. The van der Waals surface area contributed by atoms with Crippen molar-refractivity contribution >= 4 is 21.7 Å². The molecule has 102 valence electrons. The highest BCUT2D eigenvalue weighted by molar-refractivity contribution is 8.35. The van der Waals surface area contributed by atoms with Crippen LogP contribution in [0.3, 0.4) is 0 Å². The molecule has 0 amide bonds. The van der Waals surface area contributed by atoms with E-state index in [-0.39, 0.29) is 16.9 Å². The molecule has 0 unspecified atom stereocenters. The van der Waals surface area contributed by atoms with E-state index < -0.39 is 20.9 Å². The van der Waals surface area contributed by atoms with Crippen LogP contribution in [0.4, 0.5) is 5.69 Å². The van der Waals surface area contributed by atoms with Gasteiger partial charge in [-0.05, 0) is 29.9 Å². The molecule has 0 atom stereocenters. The van der Waals surface area contributed by atoms with Crippen LogP contribution < -0.4 is 0 Å². The van der Waals surface area contributed by atoms with Crippen molar-refractivity contribution in [1.29, 1.82) is 0 Å². The lowest BCUT2D eigenvalue weighted by Crippen LogP contribution is -2.05. The maximum atomic E-state index is 11.3. The van der Waals surface area contributed by atoms with Crippen LogP contribution in [0.1, 0.15) is 16.1 Å². The molecule has 19 heavy (non-hydrogen) atoms. The molecular formula is C12H14N2O4S. The van der Waals surface area contributed by atoms with Gasteiger partial charge >= 0.3 is 11.7 Å². The number of carbonyl (C=O) groups is 1. The predicted octanol–water partition coefficient (Wildman–Crippen LogP) is 1.78. The zero-order valence-corrected chi connectivity index (χ0v) is 11.9. The summed E-state index contributed by atoms with van der Waals surface area (Å²) in [6.07, 6.45) is 7.12. The maximum Gasteiger partial charge on any atom is 0.339 e. The van der Waals surface area contributed by atoms with E-state index in [9.17, 15) is 14.9 Å². The SMILES string of the molecule is COC(=O)c1cnc(C#CS(C)(C)C)c([N+](=O)[O-])c1. The minimum absolute atomic E-state index is 0.0304. The van der Waals surface area contributed by atoms with Gasteiger partial charge in [-0.25, -0.2) is 9.78 Å². The molecule has 0 saturated carbocycles. The minimum atomic E-state index is -1.11. The number of nitro groups is 1. The quantitative estimate of drug-likeness (QED) is 0.357. The van der Waals surface area contributed by atoms with Crippen molar-refractivity contribution in [3.63, 3.8) is 0 Å². The van der Waals surface area contributed by atoms with Gasteiger partial charge in [-0.15, -0.1) is 0 Å². The smallest absolute Gasteiger partial charge is 0.339 e. The molecule has 0 bridgehead atoms. The van der Waals surface area contributed by atoms with Crippen LogP contribution in [0.15, 0.2) is 12.3 Å². The van der Waals surface area contributed by atoms with E-state index in [1.807, 2.05) is 18.8 Å². The van der Waals surface area contributed by atoms with Crippen molar-refractivity contribution in [2.24, 2.45) is 0 Å². The number of hydrogen-bond acceptors (Lipinski definition) is 5. The standard InChI is InChI=1S/C12H14N2O4S/c1-18-12(15)9-7-11(14(16)17)10(13-8-9)5-6-19(2,3)4/h7-8H,1-4H3. The summed E-state index contributed by atoms with van der Waals surface area (Å²) in [5.74, 6) is 2.03. The number of rotatable bonds is 2. The first-order valence-corrected chi connectivity index (χ1v) is 8.04. The van der Waals surface area contributed by atoms with Gasteiger partial charge in [0.05, 0.1) is 17.6 Å². The van der Waals surface area contributed by atoms with Gasteiger partial charge in [-0.2, -0.15) is 10.0 Å². The summed E-state index contributed by atoms with van der Waals surface area (Å²) in [4.78, 5) is 25.5. The molecule has 1 aromatic heterocycles. The van der Waals surface area contributed by atoms with Crippen molar-refractivity contribution in [2.75, 3.05) is 25.9 Å². The number of nitrogens with zero attached hydrogens (tertiary/aromatic N) is 2. The van der Waals surface area contributed by atoms with E-state index in [2.05, 4.69) is 20.9 Å². The highest BCUT2D eigenvalue weighted by Crippen LogP contribution is 2.32. The van der Waals surface area contributed by atoms with Gasteiger partial charge in [0.15, 0.2) is 5.69 Å². The second kappa shape index (κ2) is 5.71. The average molecular weight is 282 g/mol. The van der Waals surface area contributed by atoms with Gasteiger partial charge in [0.25, 0.3) is 0 Å². The third-order valence-electron chi connectivity index (χ3n) is 1.96. The Kier molecular flexibility index (Phi) is 4.51. The van der Waals surface area contributed by atoms with Crippen LogP contribution in [0.2, 0.25) is 0 Å². The number of aromatic nitrogens is 1. The summed E-state index contributed by atoms with van der Waals surface area (Å²) >= 11 is 0. The number of hydrogen-bond donors (Lipinski definition) is 0. The lowest BCUT2D eigenvalue weighted by atomic mass is 10.2.